The van der Waals surface area contributed by atoms with E-state index in [-0.39, 0.29) is 11.4 Å². The van der Waals surface area contributed by atoms with Gasteiger partial charge in [-0.25, -0.2) is 9.37 Å². The number of nitrogens with zero attached hydrogens (tertiary/aromatic N) is 2. The number of rotatable bonds is 3. The molecule has 2 aromatic rings. The van der Waals surface area contributed by atoms with Crippen molar-refractivity contribution in [2.75, 3.05) is 0 Å². The SMILES string of the molecule is CCn1c(CC2(N)CCC2)nc2c(F)cccc21. The van der Waals surface area contributed by atoms with Crippen molar-refractivity contribution in [3.63, 3.8) is 0 Å². The number of para-hydroxylation sites is 1. The maximum atomic E-state index is 13.7. The van der Waals surface area contributed by atoms with Crippen LogP contribution in [0.5, 0.6) is 0 Å². The van der Waals surface area contributed by atoms with Crippen LogP contribution >= 0.6 is 0 Å². The fourth-order valence-corrected chi connectivity index (χ4v) is 2.77. The van der Waals surface area contributed by atoms with Crippen LogP contribution in [0.1, 0.15) is 32.0 Å². The number of benzene rings is 1. The van der Waals surface area contributed by atoms with Gasteiger partial charge >= 0.3 is 0 Å². The molecular formula is C14H18FN3. The van der Waals surface area contributed by atoms with E-state index in [1.165, 1.54) is 12.5 Å². The molecule has 0 radical (unpaired) electrons. The molecule has 1 saturated carbocycles. The third-order valence-electron chi connectivity index (χ3n) is 3.98. The van der Waals surface area contributed by atoms with Gasteiger partial charge in [0, 0.05) is 18.5 Å². The monoisotopic (exact) mass is 247 g/mol. The van der Waals surface area contributed by atoms with Crippen LogP contribution in [-0.2, 0) is 13.0 Å². The summed E-state index contributed by atoms with van der Waals surface area (Å²) in [5.41, 5.74) is 7.49. The minimum absolute atomic E-state index is 0.120. The highest BCUT2D eigenvalue weighted by Gasteiger charge is 2.34. The van der Waals surface area contributed by atoms with Gasteiger partial charge in [-0.3, -0.25) is 0 Å². The largest absolute Gasteiger partial charge is 0.328 e. The number of hydrogen-bond donors (Lipinski definition) is 1. The summed E-state index contributed by atoms with van der Waals surface area (Å²) in [6.45, 7) is 2.85. The lowest BCUT2D eigenvalue weighted by Crippen LogP contribution is -2.48. The number of nitrogens with two attached hydrogens (primary N) is 1. The maximum Gasteiger partial charge on any atom is 0.151 e. The van der Waals surface area contributed by atoms with Crippen LogP contribution in [0.25, 0.3) is 11.0 Å². The van der Waals surface area contributed by atoms with Gasteiger partial charge < -0.3 is 10.3 Å². The van der Waals surface area contributed by atoms with Crippen molar-refractivity contribution in [2.45, 2.75) is 44.7 Å². The van der Waals surface area contributed by atoms with Crippen molar-refractivity contribution in [3.8, 4) is 0 Å². The maximum absolute atomic E-state index is 13.7. The van der Waals surface area contributed by atoms with Gasteiger partial charge in [-0.1, -0.05) is 6.07 Å². The van der Waals surface area contributed by atoms with Gasteiger partial charge in [0.2, 0.25) is 0 Å². The van der Waals surface area contributed by atoms with E-state index < -0.39 is 0 Å². The van der Waals surface area contributed by atoms with Gasteiger partial charge in [-0.2, -0.15) is 0 Å². The Labute approximate surface area is 106 Å². The number of hydrogen-bond acceptors (Lipinski definition) is 2. The van der Waals surface area contributed by atoms with Crippen molar-refractivity contribution in [2.24, 2.45) is 5.73 Å². The van der Waals surface area contributed by atoms with Gasteiger partial charge in [0.1, 0.15) is 11.3 Å². The topological polar surface area (TPSA) is 43.8 Å². The molecule has 1 heterocycles. The normalized spacial score (nSPS) is 17.9. The summed E-state index contributed by atoms with van der Waals surface area (Å²) in [5, 5.41) is 0. The number of halogens is 1. The first-order chi connectivity index (χ1) is 8.63. The second-order valence-electron chi connectivity index (χ2n) is 5.27. The molecule has 1 fully saturated rings. The first kappa shape index (κ1) is 11.7. The lowest BCUT2D eigenvalue weighted by Gasteiger charge is -2.37. The Bertz CT molecular complexity index is 584. The molecule has 18 heavy (non-hydrogen) atoms. The molecule has 1 aromatic carbocycles. The predicted molar refractivity (Wildman–Crippen MR) is 69.8 cm³/mol. The first-order valence-corrected chi connectivity index (χ1v) is 6.55. The average Bonchev–Trinajstić information content (AvgIpc) is 2.66. The van der Waals surface area contributed by atoms with Gasteiger partial charge in [-0.15, -0.1) is 0 Å². The van der Waals surface area contributed by atoms with Gasteiger partial charge in [-0.05, 0) is 38.3 Å². The summed E-state index contributed by atoms with van der Waals surface area (Å²) in [6.07, 6.45) is 4.02. The summed E-state index contributed by atoms with van der Waals surface area (Å²) >= 11 is 0. The highest BCUT2D eigenvalue weighted by molar-refractivity contribution is 5.76. The molecule has 3 rings (SSSR count). The van der Waals surface area contributed by atoms with Crippen LogP contribution in [0, 0.1) is 5.82 Å². The van der Waals surface area contributed by atoms with E-state index in [2.05, 4.69) is 16.5 Å². The number of aromatic nitrogens is 2. The molecule has 0 aliphatic heterocycles. The molecule has 1 aliphatic carbocycles. The molecule has 1 aliphatic rings. The van der Waals surface area contributed by atoms with Gasteiger partial charge in [0.05, 0.1) is 5.52 Å². The van der Waals surface area contributed by atoms with E-state index >= 15 is 0 Å². The molecule has 0 saturated heterocycles. The summed E-state index contributed by atoms with van der Waals surface area (Å²) in [4.78, 5) is 4.46. The van der Waals surface area contributed by atoms with Crippen LogP contribution in [0.4, 0.5) is 4.39 Å². The summed E-state index contributed by atoms with van der Waals surface area (Å²) in [7, 11) is 0. The molecule has 1 aromatic heterocycles. The Morgan fingerprint density at radius 3 is 2.83 bits per heavy atom. The molecule has 2 N–H and O–H groups in total. The zero-order valence-electron chi connectivity index (χ0n) is 10.6. The second-order valence-corrected chi connectivity index (χ2v) is 5.27. The molecule has 96 valence electrons. The van der Waals surface area contributed by atoms with Crippen LogP contribution in [-0.4, -0.2) is 15.1 Å². The molecule has 0 bridgehead atoms. The van der Waals surface area contributed by atoms with Crippen molar-refractivity contribution in [1.82, 2.24) is 9.55 Å². The van der Waals surface area contributed by atoms with Crippen molar-refractivity contribution < 1.29 is 4.39 Å². The number of fused-ring (bicyclic) bond motifs is 1. The fourth-order valence-electron chi connectivity index (χ4n) is 2.77. The second kappa shape index (κ2) is 4.05. The lowest BCUT2D eigenvalue weighted by atomic mass is 9.75. The molecule has 3 nitrogen and oxygen atoms in total. The molecule has 0 atom stereocenters. The van der Waals surface area contributed by atoms with Crippen molar-refractivity contribution in [1.29, 1.82) is 0 Å². The molecular weight excluding hydrogens is 229 g/mol. The van der Waals surface area contributed by atoms with Crippen LogP contribution in [0.2, 0.25) is 0 Å². The smallest absolute Gasteiger partial charge is 0.151 e. The third-order valence-corrected chi connectivity index (χ3v) is 3.98. The average molecular weight is 247 g/mol. The zero-order chi connectivity index (χ0) is 12.8. The van der Waals surface area contributed by atoms with E-state index in [9.17, 15) is 4.39 Å². The first-order valence-electron chi connectivity index (χ1n) is 6.55. The number of imidazole rings is 1. The predicted octanol–water partition coefficient (Wildman–Crippen LogP) is 2.62. The van der Waals surface area contributed by atoms with E-state index in [1.807, 2.05) is 6.07 Å². The van der Waals surface area contributed by atoms with Crippen LogP contribution in [0.3, 0.4) is 0 Å². The summed E-state index contributed by atoms with van der Waals surface area (Å²) in [6, 6.07) is 5.11. The van der Waals surface area contributed by atoms with E-state index in [1.54, 1.807) is 6.07 Å². The molecule has 0 unspecified atom stereocenters. The number of aryl methyl sites for hydroxylation is 1. The van der Waals surface area contributed by atoms with E-state index in [0.29, 0.717) is 5.52 Å². The third kappa shape index (κ3) is 1.72. The Kier molecular flexibility index (Phi) is 2.63. The van der Waals surface area contributed by atoms with Gasteiger partial charge in [0.15, 0.2) is 5.82 Å². The Morgan fingerprint density at radius 1 is 1.44 bits per heavy atom. The Balaban J connectivity index is 2.08. The molecule has 4 heteroatoms. The molecule has 0 amide bonds. The fraction of sp³-hybridized carbons (Fsp3) is 0.500. The van der Waals surface area contributed by atoms with Crippen molar-refractivity contribution >= 4 is 11.0 Å². The van der Waals surface area contributed by atoms with E-state index in [0.717, 1.165) is 37.1 Å². The van der Waals surface area contributed by atoms with E-state index in [4.69, 9.17) is 5.73 Å². The van der Waals surface area contributed by atoms with Crippen LogP contribution in [0.15, 0.2) is 18.2 Å². The minimum atomic E-state index is -0.249. The quantitative estimate of drug-likeness (QED) is 0.906. The standard InChI is InChI=1S/C14H18FN3/c1-2-18-11-6-3-5-10(15)13(11)17-12(18)9-14(16)7-4-8-14/h3,5-6H,2,4,7-9,16H2,1H3. The Morgan fingerprint density at radius 2 is 2.22 bits per heavy atom. The summed E-state index contributed by atoms with van der Waals surface area (Å²) < 4.78 is 15.8. The van der Waals surface area contributed by atoms with Crippen LogP contribution < -0.4 is 5.73 Å². The zero-order valence-corrected chi connectivity index (χ0v) is 10.6. The highest BCUT2D eigenvalue weighted by atomic mass is 19.1. The Hall–Kier alpha value is -1.42. The van der Waals surface area contributed by atoms with Gasteiger partial charge in [0.25, 0.3) is 0 Å². The highest BCUT2D eigenvalue weighted by Crippen LogP contribution is 2.33. The lowest BCUT2D eigenvalue weighted by molar-refractivity contribution is 0.241. The minimum Gasteiger partial charge on any atom is -0.328 e. The van der Waals surface area contributed by atoms with Crippen molar-refractivity contribution in [3.05, 3.63) is 29.8 Å². The molecule has 0 spiro atoms. The summed E-state index contributed by atoms with van der Waals surface area (Å²) in [5.74, 6) is 0.667.